The normalized spacial score (nSPS) is 11.9. The van der Waals surface area contributed by atoms with Gasteiger partial charge in [-0.3, -0.25) is 0 Å². The van der Waals surface area contributed by atoms with E-state index in [0.717, 1.165) is 0 Å². The van der Waals surface area contributed by atoms with Crippen LogP contribution in [0.15, 0.2) is 12.4 Å². The van der Waals surface area contributed by atoms with E-state index in [9.17, 15) is 9.59 Å². The van der Waals surface area contributed by atoms with Crippen LogP contribution < -0.4 is 10.6 Å². The summed E-state index contributed by atoms with van der Waals surface area (Å²) in [6, 6.07) is -1.71. The molecule has 0 spiro atoms. The van der Waals surface area contributed by atoms with Crippen LogP contribution >= 0.6 is 0 Å². The van der Waals surface area contributed by atoms with E-state index in [-0.39, 0.29) is 19.6 Å². The second-order valence-electron chi connectivity index (χ2n) is 3.68. The van der Waals surface area contributed by atoms with Gasteiger partial charge in [-0.25, -0.2) is 14.6 Å². The summed E-state index contributed by atoms with van der Waals surface area (Å²) in [7, 11) is 1.79. The molecule has 0 saturated carbocycles. The number of aliphatic carboxylic acids is 1. The minimum Gasteiger partial charge on any atom is -0.480 e. The molecule has 0 aliphatic carbocycles. The van der Waals surface area contributed by atoms with Crippen LogP contribution in [0.2, 0.25) is 0 Å². The highest BCUT2D eigenvalue weighted by molar-refractivity contribution is 5.82. The standard InChI is InChI=1S/C10H16N4O4/c1-14-4-3-11-8(14)6-12-10(18)13-7(2-5-15)9(16)17/h3-4,7,15H,2,5-6H2,1H3,(H,16,17)(H2,12,13,18). The second kappa shape index (κ2) is 6.60. The summed E-state index contributed by atoms with van der Waals surface area (Å²) in [6.45, 7) is -0.114. The number of nitrogens with one attached hydrogen (secondary N) is 2. The molecule has 1 aromatic heterocycles. The van der Waals surface area contributed by atoms with Crippen LogP contribution in [0.25, 0.3) is 0 Å². The Morgan fingerprint density at radius 1 is 1.56 bits per heavy atom. The van der Waals surface area contributed by atoms with Crippen LogP contribution in [-0.4, -0.2) is 44.4 Å². The molecule has 100 valence electrons. The summed E-state index contributed by atoms with van der Waals surface area (Å²) in [5.74, 6) is -0.532. The number of imidazole rings is 1. The molecule has 0 bridgehead atoms. The number of aryl methyl sites for hydroxylation is 1. The van der Waals surface area contributed by atoms with Crippen LogP contribution in [0.4, 0.5) is 4.79 Å². The number of carbonyl (C=O) groups excluding carboxylic acids is 1. The van der Waals surface area contributed by atoms with E-state index < -0.39 is 18.0 Å². The largest absolute Gasteiger partial charge is 0.480 e. The van der Waals surface area contributed by atoms with Crippen molar-refractivity contribution in [3.8, 4) is 0 Å². The molecule has 4 N–H and O–H groups in total. The molecule has 1 heterocycles. The maximum atomic E-state index is 11.4. The van der Waals surface area contributed by atoms with Gasteiger partial charge in [0.05, 0.1) is 6.54 Å². The van der Waals surface area contributed by atoms with E-state index in [0.29, 0.717) is 5.82 Å². The zero-order valence-corrected chi connectivity index (χ0v) is 9.96. The molecular formula is C10H16N4O4. The molecule has 1 rings (SSSR count). The van der Waals surface area contributed by atoms with E-state index >= 15 is 0 Å². The Morgan fingerprint density at radius 2 is 2.28 bits per heavy atom. The first kappa shape index (κ1) is 14.0. The predicted molar refractivity (Wildman–Crippen MR) is 61.7 cm³/mol. The van der Waals surface area contributed by atoms with Crippen LogP contribution in [0.1, 0.15) is 12.2 Å². The van der Waals surface area contributed by atoms with E-state index in [4.69, 9.17) is 10.2 Å². The van der Waals surface area contributed by atoms with E-state index in [1.165, 1.54) is 0 Å². The number of aliphatic hydroxyl groups is 1. The van der Waals surface area contributed by atoms with Gasteiger partial charge in [-0.2, -0.15) is 0 Å². The summed E-state index contributed by atoms with van der Waals surface area (Å²) >= 11 is 0. The third-order valence-corrected chi connectivity index (χ3v) is 2.35. The number of carboxylic acids is 1. The number of carboxylic acid groups (broad SMARTS) is 1. The third-order valence-electron chi connectivity index (χ3n) is 2.35. The van der Waals surface area contributed by atoms with Crippen molar-refractivity contribution in [3.63, 3.8) is 0 Å². The molecule has 2 amide bonds. The Balaban J connectivity index is 2.41. The fraction of sp³-hybridized carbons (Fsp3) is 0.500. The summed E-state index contributed by atoms with van der Waals surface area (Å²) in [5, 5.41) is 22.2. The van der Waals surface area contributed by atoms with Gasteiger partial charge >= 0.3 is 12.0 Å². The highest BCUT2D eigenvalue weighted by Gasteiger charge is 2.18. The highest BCUT2D eigenvalue weighted by Crippen LogP contribution is 1.94. The quantitative estimate of drug-likeness (QED) is 0.524. The number of aliphatic hydroxyl groups excluding tert-OH is 1. The summed E-state index contributed by atoms with van der Waals surface area (Å²) < 4.78 is 1.74. The Hall–Kier alpha value is -2.09. The average molecular weight is 256 g/mol. The van der Waals surface area contributed by atoms with Gasteiger partial charge in [0.25, 0.3) is 0 Å². The summed E-state index contributed by atoms with van der Waals surface area (Å²) in [4.78, 5) is 26.2. The van der Waals surface area contributed by atoms with E-state index in [2.05, 4.69) is 15.6 Å². The number of nitrogens with zero attached hydrogens (tertiary/aromatic N) is 2. The SMILES string of the molecule is Cn1ccnc1CNC(=O)NC(CCO)C(=O)O. The highest BCUT2D eigenvalue weighted by atomic mass is 16.4. The van der Waals surface area contributed by atoms with Crippen molar-refractivity contribution in [2.75, 3.05) is 6.61 Å². The number of amides is 2. The van der Waals surface area contributed by atoms with Crippen LogP contribution in [-0.2, 0) is 18.4 Å². The number of aromatic nitrogens is 2. The topological polar surface area (TPSA) is 116 Å². The Morgan fingerprint density at radius 3 is 2.78 bits per heavy atom. The summed E-state index contributed by atoms with van der Waals surface area (Å²) in [6.07, 6.45) is 3.30. The van der Waals surface area contributed by atoms with Gasteiger partial charge in [0.1, 0.15) is 11.9 Å². The van der Waals surface area contributed by atoms with Crippen LogP contribution in [0.3, 0.4) is 0 Å². The fourth-order valence-corrected chi connectivity index (χ4v) is 1.32. The fourth-order valence-electron chi connectivity index (χ4n) is 1.32. The molecule has 1 atom stereocenters. The van der Waals surface area contributed by atoms with Crippen molar-refractivity contribution >= 4 is 12.0 Å². The van der Waals surface area contributed by atoms with Crippen molar-refractivity contribution in [1.82, 2.24) is 20.2 Å². The van der Waals surface area contributed by atoms with Gasteiger partial charge in [-0.05, 0) is 0 Å². The Bertz CT molecular complexity index is 418. The maximum Gasteiger partial charge on any atom is 0.326 e. The number of urea groups is 1. The minimum atomic E-state index is -1.18. The van der Waals surface area contributed by atoms with Gasteiger partial charge in [-0.1, -0.05) is 0 Å². The molecule has 0 aliphatic rings. The predicted octanol–water partition coefficient (Wildman–Crippen LogP) is -0.945. The lowest BCUT2D eigenvalue weighted by molar-refractivity contribution is -0.139. The number of hydrogen-bond donors (Lipinski definition) is 4. The lowest BCUT2D eigenvalue weighted by Crippen LogP contribution is -2.46. The van der Waals surface area contributed by atoms with Crippen molar-refractivity contribution in [2.24, 2.45) is 7.05 Å². The average Bonchev–Trinajstić information content (AvgIpc) is 2.71. The minimum absolute atomic E-state index is 0.0365. The lowest BCUT2D eigenvalue weighted by atomic mass is 10.2. The first-order valence-electron chi connectivity index (χ1n) is 5.38. The third kappa shape index (κ3) is 4.06. The molecule has 0 radical (unpaired) electrons. The zero-order chi connectivity index (χ0) is 13.5. The summed E-state index contributed by atoms with van der Waals surface area (Å²) in [5.41, 5.74) is 0. The first-order chi connectivity index (χ1) is 8.54. The molecule has 8 nitrogen and oxygen atoms in total. The molecular weight excluding hydrogens is 240 g/mol. The van der Waals surface area contributed by atoms with Gasteiger partial charge in [0.2, 0.25) is 0 Å². The first-order valence-corrected chi connectivity index (χ1v) is 5.38. The number of hydrogen-bond acceptors (Lipinski definition) is 4. The van der Waals surface area contributed by atoms with Crippen molar-refractivity contribution in [2.45, 2.75) is 19.0 Å². The maximum absolute atomic E-state index is 11.4. The van der Waals surface area contributed by atoms with Gasteiger partial charge in [-0.15, -0.1) is 0 Å². The van der Waals surface area contributed by atoms with E-state index in [1.54, 1.807) is 24.0 Å². The molecule has 0 aromatic carbocycles. The van der Waals surface area contributed by atoms with E-state index in [1.807, 2.05) is 0 Å². The Labute approximate surface area is 104 Å². The molecule has 1 aromatic rings. The van der Waals surface area contributed by atoms with Crippen LogP contribution in [0, 0.1) is 0 Å². The number of carbonyl (C=O) groups is 2. The van der Waals surface area contributed by atoms with Gasteiger partial charge in [0.15, 0.2) is 0 Å². The molecule has 8 heteroatoms. The zero-order valence-electron chi connectivity index (χ0n) is 9.96. The molecule has 1 unspecified atom stereocenters. The molecule has 0 saturated heterocycles. The van der Waals surface area contributed by atoms with Gasteiger partial charge < -0.3 is 25.4 Å². The van der Waals surface area contributed by atoms with Crippen molar-refractivity contribution < 1.29 is 19.8 Å². The molecule has 0 aliphatic heterocycles. The second-order valence-corrected chi connectivity index (χ2v) is 3.68. The van der Waals surface area contributed by atoms with Crippen molar-refractivity contribution in [3.05, 3.63) is 18.2 Å². The van der Waals surface area contributed by atoms with Gasteiger partial charge in [0, 0.05) is 32.5 Å². The van der Waals surface area contributed by atoms with Crippen LogP contribution in [0.5, 0.6) is 0 Å². The van der Waals surface area contributed by atoms with Crippen molar-refractivity contribution in [1.29, 1.82) is 0 Å². The molecule has 0 fully saturated rings. The monoisotopic (exact) mass is 256 g/mol. The number of rotatable bonds is 6. The lowest BCUT2D eigenvalue weighted by Gasteiger charge is -2.13. The molecule has 18 heavy (non-hydrogen) atoms. The Kier molecular flexibility index (Phi) is 5.12. The smallest absolute Gasteiger partial charge is 0.326 e.